The number of aromatic nitrogens is 1. The van der Waals surface area contributed by atoms with E-state index in [2.05, 4.69) is 4.98 Å². The maximum Gasteiger partial charge on any atom is 0.309 e. The lowest BCUT2D eigenvalue weighted by molar-refractivity contribution is -0.136. The molecule has 0 saturated heterocycles. The van der Waals surface area contributed by atoms with Crippen LogP contribution in [-0.2, 0) is 17.6 Å². The van der Waals surface area contributed by atoms with Gasteiger partial charge in [0.15, 0.2) is 0 Å². The summed E-state index contributed by atoms with van der Waals surface area (Å²) in [5.74, 6) is -0.858. The third-order valence-corrected chi connectivity index (χ3v) is 6.37. The molecule has 1 aromatic heterocycles. The predicted octanol–water partition coefficient (Wildman–Crippen LogP) is 5.80. The molecule has 0 spiro atoms. The van der Waals surface area contributed by atoms with E-state index in [0.717, 1.165) is 36.7 Å². The van der Waals surface area contributed by atoms with Gasteiger partial charge < -0.3 is 5.11 Å². The lowest BCUT2D eigenvalue weighted by atomic mass is 10.1. The number of carbonyl (C=O) groups is 1. The topological polar surface area (TPSA) is 50.2 Å². The average molecular weight is 390 g/mol. The van der Waals surface area contributed by atoms with Gasteiger partial charge in [0.25, 0.3) is 0 Å². The first-order chi connectivity index (χ1) is 12.1. The highest BCUT2D eigenvalue weighted by molar-refractivity contribution is 8.01. The normalized spacial score (nSPS) is 10.8. The minimum Gasteiger partial charge on any atom is -0.481 e. The molecule has 25 heavy (non-hydrogen) atoms. The first kappa shape index (κ1) is 18.0. The van der Waals surface area contributed by atoms with Crippen molar-refractivity contribution in [1.29, 1.82) is 0 Å². The van der Waals surface area contributed by atoms with Crippen molar-refractivity contribution in [3.63, 3.8) is 0 Å². The molecular formula is C19H16ClNO2S2. The molecule has 0 saturated carbocycles. The van der Waals surface area contributed by atoms with Gasteiger partial charge in [0.1, 0.15) is 0 Å². The molecular weight excluding hydrogens is 374 g/mol. The van der Waals surface area contributed by atoms with E-state index in [-0.39, 0.29) is 6.42 Å². The highest BCUT2D eigenvalue weighted by Crippen LogP contribution is 2.37. The molecule has 0 atom stereocenters. The molecule has 3 nitrogen and oxygen atoms in total. The van der Waals surface area contributed by atoms with Crippen LogP contribution in [0.25, 0.3) is 11.1 Å². The maximum absolute atomic E-state index is 11.0. The second kappa shape index (κ2) is 8.04. The highest BCUT2D eigenvalue weighted by atomic mass is 35.5. The van der Waals surface area contributed by atoms with Crippen LogP contribution in [0.5, 0.6) is 0 Å². The Morgan fingerprint density at radius 1 is 1.20 bits per heavy atom. The summed E-state index contributed by atoms with van der Waals surface area (Å²) in [4.78, 5) is 16.5. The summed E-state index contributed by atoms with van der Waals surface area (Å²) in [7, 11) is 0. The molecule has 0 fully saturated rings. The number of hydrogen-bond acceptors (Lipinski definition) is 4. The summed E-state index contributed by atoms with van der Waals surface area (Å²) in [6.07, 6.45) is 0.764. The van der Waals surface area contributed by atoms with Gasteiger partial charge in [-0.3, -0.25) is 4.79 Å². The van der Waals surface area contributed by atoms with Gasteiger partial charge in [-0.1, -0.05) is 60.6 Å². The summed E-state index contributed by atoms with van der Waals surface area (Å²) in [6.45, 7) is 2.02. The number of aryl methyl sites for hydroxylation is 1. The standard InChI is InChI=1S/C19H16ClNO2S2/c1-2-17-21-16(11-18(22)23)19(25-17)24-13-9-7-12(8-10-13)14-5-3-4-6-15(14)20/h3-10H,2,11H2,1H3,(H,22,23). The molecule has 3 aromatic rings. The van der Waals surface area contributed by atoms with Crippen molar-refractivity contribution in [2.45, 2.75) is 28.9 Å². The molecule has 0 unspecified atom stereocenters. The molecule has 2 aromatic carbocycles. The molecule has 0 aliphatic rings. The summed E-state index contributed by atoms with van der Waals surface area (Å²) in [6, 6.07) is 15.9. The van der Waals surface area contributed by atoms with Crippen molar-refractivity contribution >= 4 is 40.7 Å². The van der Waals surface area contributed by atoms with E-state index in [1.54, 1.807) is 23.1 Å². The van der Waals surface area contributed by atoms with Crippen LogP contribution in [0.2, 0.25) is 5.02 Å². The van der Waals surface area contributed by atoms with Crippen molar-refractivity contribution in [1.82, 2.24) is 4.98 Å². The first-order valence-electron chi connectivity index (χ1n) is 7.80. The second-order valence-electron chi connectivity index (χ2n) is 5.37. The van der Waals surface area contributed by atoms with Crippen LogP contribution in [0.3, 0.4) is 0 Å². The van der Waals surface area contributed by atoms with Gasteiger partial charge in [0.2, 0.25) is 0 Å². The van der Waals surface area contributed by atoms with Crippen LogP contribution in [-0.4, -0.2) is 16.1 Å². The fraction of sp³-hybridized carbons (Fsp3) is 0.158. The molecule has 0 amide bonds. The fourth-order valence-corrected chi connectivity index (χ4v) is 4.84. The number of carboxylic acids is 1. The Morgan fingerprint density at radius 3 is 2.56 bits per heavy atom. The zero-order valence-corrected chi connectivity index (χ0v) is 15.9. The number of aliphatic carboxylic acids is 1. The van der Waals surface area contributed by atoms with Gasteiger partial charge in [0, 0.05) is 15.5 Å². The Kier molecular flexibility index (Phi) is 5.78. The van der Waals surface area contributed by atoms with Gasteiger partial charge in [-0.2, -0.15) is 0 Å². The van der Waals surface area contributed by atoms with Crippen LogP contribution in [0.1, 0.15) is 17.6 Å². The van der Waals surface area contributed by atoms with Gasteiger partial charge in [-0.15, -0.1) is 11.3 Å². The molecule has 0 radical (unpaired) electrons. The van der Waals surface area contributed by atoms with E-state index in [9.17, 15) is 4.79 Å². The van der Waals surface area contributed by atoms with Crippen LogP contribution in [0, 0.1) is 0 Å². The van der Waals surface area contributed by atoms with Crippen LogP contribution in [0.15, 0.2) is 57.6 Å². The fourth-order valence-electron chi connectivity index (χ4n) is 2.38. The van der Waals surface area contributed by atoms with Crippen LogP contribution < -0.4 is 0 Å². The molecule has 128 valence electrons. The SMILES string of the molecule is CCc1nc(CC(=O)O)c(Sc2ccc(-c3ccccc3Cl)cc2)s1. The molecule has 0 aliphatic carbocycles. The number of carboxylic acid groups (broad SMARTS) is 1. The minimum absolute atomic E-state index is 0.0451. The molecule has 1 N–H and O–H groups in total. The molecule has 1 heterocycles. The largest absolute Gasteiger partial charge is 0.481 e. The van der Waals surface area contributed by atoms with Crippen molar-refractivity contribution < 1.29 is 9.90 Å². The highest BCUT2D eigenvalue weighted by Gasteiger charge is 2.15. The van der Waals surface area contributed by atoms with E-state index in [4.69, 9.17) is 16.7 Å². The monoisotopic (exact) mass is 389 g/mol. The Hall–Kier alpha value is -1.82. The zero-order valence-electron chi connectivity index (χ0n) is 13.5. The first-order valence-corrected chi connectivity index (χ1v) is 9.81. The number of rotatable bonds is 6. The smallest absolute Gasteiger partial charge is 0.309 e. The Bertz CT molecular complexity index is 891. The third-order valence-electron chi connectivity index (χ3n) is 3.58. The van der Waals surface area contributed by atoms with E-state index in [0.29, 0.717) is 5.69 Å². The van der Waals surface area contributed by atoms with Crippen LogP contribution >= 0.6 is 34.7 Å². The quantitative estimate of drug-likeness (QED) is 0.578. The molecule has 6 heteroatoms. The summed E-state index contributed by atoms with van der Waals surface area (Å²) in [5.41, 5.74) is 2.70. The lowest BCUT2D eigenvalue weighted by Gasteiger charge is -2.06. The van der Waals surface area contributed by atoms with Crippen LogP contribution in [0.4, 0.5) is 0 Å². The number of benzene rings is 2. The number of halogens is 1. The molecule has 0 bridgehead atoms. The van der Waals surface area contributed by atoms with E-state index in [1.807, 2.05) is 55.5 Å². The van der Waals surface area contributed by atoms with E-state index in [1.165, 1.54) is 0 Å². The van der Waals surface area contributed by atoms with Gasteiger partial charge >= 0.3 is 5.97 Å². The number of hydrogen-bond donors (Lipinski definition) is 1. The summed E-state index contributed by atoms with van der Waals surface area (Å²) in [5, 5.41) is 10.8. The zero-order chi connectivity index (χ0) is 17.8. The Morgan fingerprint density at radius 2 is 1.92 bits per heavy atom. The van der Waals surface area contributed by atoms with Crippen molar-refractivity contribution in [3.8, 4) is 11.1 Å². The molecule has 0 aliphatic heterocycles. The lowest BCUT2D eigenvalue weighted by Crippen LogP contribution is -2.01. The van der Waals surface area contributed by atoms with E-state index >= 15 is 0 Å². The summed E-state index contributed by atoms with van der Waals surface area (Å²) < 4.78 is 0.949. The van der Waals surface area contributed by atoms with Gasteiger partial charge in [-0.05, 0) is 30.2 Å². The average Bonchev–Trinajstić information content (AvgIpc) is 2.97. The van der Waals surface area contributed by atoms with Crippen molar-refractivity contribution in [2.24, 2.45) is 0 Å². The van der Waals surface area contributed by atoms with Gasteiger partial charge in [0.05, 0.1) is 21.3 Å². The van der Waals surface area contributed by atoms with Crippen molar-refractivity contribution in [2.75, 3.05) is 0 Å². The summed E-state index contributed by atoms with van der Waals surface area (Å²) >= 11 is 9.38. The molecule has 3 rings (SSSR count). The maximum atomic E-state index is 11.0. The van der Waals surface area contributed by atoms with E-state index < -0.39 is 5.97 Å². The second-order valence-corrected chi connectivity index (χ2v) is 8.21. The minimum atomic E-state index is -0.858. The number of thiazole rings is 1. The third kappa shape index (κ3) is 4.42. The predicted molar refractivity (Wildman–Crippen MR) is 104 cm³/mol. The number of nitrogens with zero attached hydrogens (tertiary/aromatic N) is 1. The van der Waals surface area contributed by atoms with Crippen molar-refractivity contribution in [3.05, 3.63) is 64.3 Å². The van der Waals surface area contributed by atoms with Gasteiger partial charge in [-0.25, -0.2) is 4.98 Å². The Balaban J connectivity index is 1.83. The Labute approximate surface area is 159 Å².